The van der Waals surface area contributed by atoms with Crippen LogP contribution in [0.4, 0.5) is 0 Å². The van der Waals surface area contributed by atoms with Crippen molar-refractivity contribution in [1.29, 1.82) is 0 Å². The van der Waals surface area contributed by atoms with E-state index >= 15 is 0 Å². The van der Waals surface area contributed by atoms with E-state index in [0.29, 0.717) is 12.1 Å². The summed E-state index contributed by atoms with van der Waals surface area (Å²) in [5, 5.41) is 3.41. The van der Waals surface area contributed by atoms with E-state index in [1.807, 2.05) is 18.3 Å². The molecule has 1 aliphatic carbocycles. The Morgan fingerprint density at radius 1 is 1.40 bits per heavy atom. The van der Waals surface area contributed by atoms with Gasteiger partial charge in [-0.1, -0.05) is 6.92 Å². The van der Waals surface area contributed by atoms with Crippen molar-refractivity contribution in [2.75, 3.05) is 13.7 Å². The van der Waals surface area contributed by atoms with Crippen LogP contribution < -0.4 is 10.1 Å². The van der Waals surface area contributed by atoms with Gasteiger partial charge in [-0.3, -0.25) is 0 Å². The average Bonchev–Trinajstić information content (AvgIpc) is 2.48. The topological polar surface area (TPSA) is 43.4 Å². The number of hydrogen-bond acceptors (Lipinski definition) is 4. The molecule has 112 valence electrons. The third kappa shape index (κ3) is 4.18. The number of nitrogens with zero attached hydrogens (tertiary/aromatic N) is 1. The van der Waals surface area contributed by atoms with Gasteiger partial charge in [0.15, 0.2) is 0 Å². The van der Waals surface area contributed by atoms with Gasteiger partial charge in [0.05, 0.1) is 6.10 Å². The number of methoxy groups -OCH3 is 1. The molecule has 4 nitrogen and oxygen atoms in total. The Morgan fingerprint density at radius 2 is 2.20 bits per heavy atom. The summed E-state index contributed by atoms with van der Waals surface area (Å²) in [6, 6.07) is 4.41. The fraction of sp³-hybridized carbons (Fsp3) is 0.688. The van der Waals surface area contributed by atoms with Gasteiger partial charge in [0, 0.05) is 31.8 Å². The van der Waals surface area contributed by atoms with Crippen molar-refractivity contribution in [3.8, 4) is 5.88 Å². The first-order valence-corrected chi connectivity index (χ1v) is 7.61. The normalized spacial score (nSPS) is 24.4. The maximum absolute atomic E-state index is 6.04. The molecular formula is C16H26N2O2. The zero-order valence-corrected chi connectivity index (χ0v) is 12.8. The SMILES string of the molecule is CCNC(C)c1ccnc(OC2CCCC(OC)C2)c1. The molecule has 1 aliphatic rings. The molecule has 1 saturated carbocycles. The van der Waals surface area contributed by atoms with Crippen LogP contribution in [0.3, 0.4) is 0 Å². The number of pyridine rings is 1. The van der Waals surface area contributed by atoms with Crippen LogP contribution in [-0.4, -0.2) is 30.8 Å². The highest BCUT2D eigenvalue weighted by Gasteiger charge is 2.23. The summed E-state index contributed by atoms with van der Waals surface area (Å²) in [5.41, 5.74) is 1.22. The summed E-state index contributed by atoms with van der Waals surface area (Å²) >= 11 is 0. The Kier molecular flexibility index (Phi) is 5.80. The predicted molar refractivity (Wildman–Crippen MR) is 80.0 cm³/mol. The van der Waals surface area contributed by atoms with Crippen molar-refractivity contribution < 1.29 is 9.47 Å². The first-order valence-electron chi connectivity index (χ1n) is 7.61. The van der Waals surface area contributed by atoms with Crippen molar-refractivity contribution in [3.63, 3.8) is 0 Å². The number of nitrogens with one attached hydrogen (secondary N) is 1. The molecule has 2 rings (SSSR count). The van der Waals surface area contributed by atoms with Crippen molar-refractivity contribution in [2.45, 2.75) is 57.8 Å². The van der Waals surface area contributed by atoms with Crippen molar-refractivity contribution in [2.24, 2.45) is 0 Å². The number of rotatable bonds is 6. The smallest absolute Gasteiger partial charge is 0.213 e. The molecule has 1 fully saturated rings. The van der Waals surface area contributed by atoms with E-state index in [2.05, 4.69) is 24.1 Å². The van der Waals surface area contributed by atoms with Gasteiger partial charge in [0.25, 0.3) is 0 Å². The van der Waals surface area contributed by atoms with Crippen molar-refractivity contribution in [3.05, 3.63) is 23.9 Å². The second-order valence-electron chi connectivity index (χ2n) is 5.47. The second kappa shape index (κ2) is 7.60. The molecule has 1 aromatic rings. The monoisotopic (exact) mass is 278 g/mol. The van der Waals surface area contributed by atoms with Crippen LogP contribution in [0.2, 0.25) is 0 Å². The van der Waals surface area contributed by atoms with Gasteiger partial charge >= 0.3 is 0 Å². The highest BCUT2D eigenvalue weighted by molar-refractivity contribution is 5.23. The molecule has 3 atom stereocenters. The molecular weight excluding hydrogens is 252 g/mol. The molecule has 4 heteroatoms. The molecule has 1 aromatic heterocycles. The summed E-state index contributed by atoms with van der Waals surface area (Å²) in [6.45, 7) is 5.23. The lowest BCUT2D eigenvalue weighted by molar-refractivity contribution is 0.0195. The molecule has 20 heavy (non-hydrogen) atoms. The second-order valence-corrected chi connectivity index (χ2v) is 5.47. The maximum Gasteiger partial charge on any atom is 0.213 e. The van der Waals surface area contributed by atoms with Crippen LogP contribution in [0.15, 0.2) is 18.3 Å². The van der Waals surface area contributed by atoms with E-state index in [4.69, 9.17) is 9.47 Å². The Balaban J connectivity index is 1.97. The van der Waals surface area contributed by atoms with E-state index in [-0.39, 0.29) is 6.10 Å². The lowest BCUT2D eigenvalue weighted by atomic mass is 9.95. The maximum atomic E-state index is 6.04. The quantitative estimate of drug-likeness (QED) is 0.868. The van der Waals surface area contributed by atoms with Crippen LogP contribution in [-0.2, 0) is 4.74 Å². The van der Waals surface area contributed by atoms with Gasteiger partial charge < -0.3 is 14.8 Å². The molecule has 0 saturated heterocycles. The molecule has 0 aliphatic heterocycles. The summed E-state index contributed by atoms with van der Waals surface area (Å²) in [7, 11) is 1.78. The highest BCUT2D eigenvalue weighted by atomic mass is 16.5. The minimum atomic E-state index is 0.228. The fourth-order valence-corrected chi connectivity index (χ4v) is 2.78. The van der Waals surface area contributed by atoms with Gasteiger partial charge in [-0.05, 0) is 44.4 Å². The largest absolute Gasteiger partial charge is 0.474 e. The molecule has 0 spiro atoms. The van der Waals surface area contributed by atoms with E-state index in [0.717, 1.165) is 38.1 Å². The molecule has 1 heterocycles. The molecule has 0 amide bonds. The molecule has 0 bridgehead atoms. The minimum absolute atomic E-state index is 0.228. The van der Waals surface area contributed by atoms with Crippen LogP contribution in [0.25, 0.3) is 0 Å². The summed E-state index contributed by atoms with van der Waals surface area (Å²) in [5.74, 6) is 0.731. The van der Waals surface area contributed by atoms with Crippen LogP contribution >= 0.6 is 0 Å². The van der Waals surface area contributed by atoms with Gasteiger partial charge in [0.2, 0.25) is 5.88 Å². The van der Waals surface area contributed by atoms with Crippen LogP contribution in [0, 0.1) is 0 Å². The molecule has 1 N–H and O–H groups in total. The molecule has 3 unspecified atom stereocenters. The predicted octanol–water partition coefficient (Wildman–Crippen LogP) is 3.09. The van der Waals surface area contributed by atoms with Gasteiger partial charge in [-0.15, -0.1) is 0 Å². The number of ether oxygens (including phenoxy) is 2. The standard InChI is InChI=1S/C16H26N2O2/c1-4-17-12(2)13-8-9-18-16(10-13)20-15-7-5-6-14(11-15)19-3/h8-10,12,14-15,17H,4-7,11H2,1-3H3. The highest BCUT2D eigenvalue weighted by Crippen LogP contribution is 2.25. The Bertz CT molecular complexity index is 411. The number of hydrogen-bond donors (Lipinski definition) is 1. The van der Waals surface area contributed by atoms with E-state index < -0.39 is 0 Å². The fourth-order valence-electron chi connectivity index (χ4n) is 2.78. The van der Waals surface area contributed by atoms with Gasteiger partial charge in [-0.2, -0.15) is 0 Å². The summed E-state index contributed by atoms with van der Waals surface area (Å²) in [4.78, 5) is 4.34. The lowest BCUT2D eigenvalue weighted by Crippen LogP contribution is -2.29. The zero-order chi connectivity index (χ0) is 14.4. The first-order chi connectivity index (χ1) is 9.72. The first kappa shape index (κ1) is 15.3. The zero-order valence-electron chi connectivity index (χ0n) is 12.8. The van der Waals surface area contributed by atoms with Crippen molar-refractivity contribution >= 4 is 0 Å². The average molecular weight is 278 g/mol. The van der Waals surface area contributed by atoms with E-state index in [1.165, 1.54) is 5.56 Å². The van der Waals surface area contributed by atoms with Gasteiger partial charge in [0.1, 0.15) is 6.10 Å². The van der Waals surface area contributed by atoms with E-state index in [1.54, 1.807) is 7.11 Å². The third-order valence-corrected chi connectivity index (χ3v) is 3.97. The minimum Gasteiger partial charge on any atom is -0.474 e. The van der Waals surface area contributed by atoms with Crippen LogP contribution in [0.5, 0.6) is 5.88 Å². The van der Waals surface area contributed by atoms with Crippen LogP contribution in [0.1, 0.15) is 51.1 Å². The summed E-state index contributed by atoms with van der Waals surface area (Å²) < 4.78 is 11.5. The Labute approximate surface area is 121 Å². The molecule has 0 aromatic carbocycles. The lowest BCUT2D eigenvalue weighted by Gasteiger charge is -2.28. The van der Waals surface area contributed by atoms with E-state index in [9.17, 15) is 0 Å². The third-order valence-electron chi connectivity index (χ3n) is 3.97. The Hall–Kier alpha value is -1.13. The van der Waals surface area contributed by atoms with Gasteiger partial charge in [-0.25, -0.2) is 4.98 Å². The number of aromatic nitrogens is 1. The molecule has 0 radical (unpaired) electrons. The van der Waals surface area contributed by atoms with Crippen molar-refractivity contribution in [1.82, 2.24) is 10.3 Å². The Morgan fingerprint density at radius 3 is 2.95 bits per heavy atom. The summed E-state index contributed by atoms with van der Waals surface area (Å²) in [6.07, 6.45) is 6.75.